The third-order valence-electron chi connectivity index (χ3n) is 5.13. The summed E-state index contributed by atoms with van der Waals surface area (Å²) >= 11 is 0. The zero-order valence-electron chi connectivity index (χ0n) is 13.2. The first kappa shape index (κ1) is 15.4. The predicted molar refractivity (Wildman–Crippen MR) is 84.3 cm³/mol. The molecule has 1 saturated heterocycles. The number of rotatable bonds is 4. The van der Waals surface area contributed by atoms with Gasteiger partial charge in [-0.25, -0.2) is 0 Å². The highest BCUT2D eigenvalue weighted by molar-refractivity contribution is 5.78. The summed E-state index contributed by atoms with van der Waals surface area (Å²) in [5.74, 6) is 0.0547. The zero-order valence-corrected chi connectivity index (χ0v) is 13.2. The third kappa shape index (κ3) is 3.15. The SMILES string of the molecule is CN(C(=O)Cc1cccnc1)[C@@H]1CC[C@@H](N2CCCC2)[C@@H]1O. The molecule has 1 aromatic heterocycles. The van der Waals surface area contributed by atoms with Gasteiger partial charge in [0, 0.05) is 25.5 Å². The average molecular weight is 303 g/mol. The number of aliphatic hydroxyl groups excluding tert-OH is 1. The fourth-order valence-electron chi connectivity index (χ4n) is 3.82. The van der Waals surface area contributed by atoms with Crippen LogP contribution < -0.4 is 0 Å². The van der Waals surface area contributed by atoms with E-state index in [2.05, 4.69) is 9.88 Å². The van der Waals surface area contributed by atoms with Crippen LogP contribution in [0.15, 0.2) is 24.5 Å². The number of aromatic nitrogens is 1. The number of carbonyl (C=O) groups is 1. The van der Waals surface area contributed by atoms with Gasteiger partial charge in [0.2, 0.25) is 5.91 Å². The number of hydrogen-bond donors (Lipinski definition) is 1. The summed E-state index contributed by atoms with van der Waals surface area (Å²) in [4.78, 5) is 20.6. The molecule has 0 aromatic carbocycles. The maximum atomic E-state index is 12.4. The van der Waals surface area contributed by atoms with Crippen LogP contribution >= 0.6 is 0 Å². The van der Waals surface area contributed by atoms with Crippen molar-refractivity contribution in [1.29, 1.82) is 0 Å². The number of likely N-dealkylation sites (N-methyl/N-ethyl adjacent to an activating group) is 1. The summed E-state index contributed by atoms with van der Waals surface area (Å²) < 4.78 is 0. The van der Waals surface area contributed by atoms with Gasteiger partial charge < -0.3 is 10.0 Å². The summed E-state index contributed by atoms with van der Waals surface area (Å²) in [5, 5.41) is 10.6. The molecule has 0 radical (unpaired) electrons. The molecule has 5 heteroatoms. The van der Waals surface area contributed by atoms with Crippen LogP contribution in [0.3, 0.4) is 0 Å². The van der Waals surface area contributed by atoms with Crippen molar-refractivity contribution in [3.63, 3.8) is 0 Å². The number of nitrogens with zero attached hydrogens (tertiary/aromatic N) is 3. The van der Waals surface area contributed by atoms with E-state index in [0.717, 1.165) is 31.5 Å². The van der Waals surface area contributed by atoms with E-state index >= 15 is 0 Å². The van der Waals surface area contributed by atoms with Crippen LogP contribution in [0, 0.1) is 0 Å². The van der Waals surface area contributed by atoms with Gasteiger partial charge >= 0.3 is 0 Å². The van der Waals surface area contributed by atoms with Crippen LogP contribution in [-0.2, 0) is 11.2 Å². The van der Waals surface area contributed by atoms with E-state index in [9.17, 15) is 9.90 Å². The van der Waals surface area contributed by atoms with E-state index in [1.165, 1.54) is 12.8 Å². The van der Waals surface area contributed by atoms with Crippen LogP contribution in [0.5, 0.6) is 0 Å². The van der Waals surface area contributed by atoms with Crippen LogP contribution in [0.2, 0.25) is 0 Å². The van der Waals surface area contributed by atoms with Crippen molar-refractivity contribution in [2.45, 2.75) is 50.3 Å². The molecular weight excluding hydrogens is 278 g/mol. The fourth-order valence-corrected chi connectivity index (χ4v) is 3.82. The number of hydrogen-bond acceptors (Lipinski definition) is 4. The Morgan fingerprint density at radius 2 is 2.18 bits per heavy atom. The Kier molecular flexibility index (Phi) is 4.74. The molecule has 120 valence electrons. The lowest BCUT2D eigenvalue weighted by molar-refractivity contribution is -0.133. The van der Waals surface area contributed by atoms with Gasteiger partial charge in [0.1, 0.15) is 0 Å². The number of carbonyl (C=O) groups excluding carboxylic acids is 1. The minimum absolute atomic E-state index is 0.0547. The average Bonchev–Trinajstić information content (AvgIpc) is 3.16. The molecule has 1 aliphatic heterocycles. The second-order valence-electron chi connectivity index (χ2n) is 6.49. The molecule has 0 bridgehead atoms. The van der Waals surface area contributed by atoms with Gasteiger partial charge in [-0.1, -0.05) is 6.07 Å². The molecular formula is C17H25N3O2. The molecule has 1 amide bonds. The second kappa shape index (κ2) is 6.75. The molecule has 0 spiro atoms. The summed E-state index contributed by atoms with van der Waals surface area (Å²) in [6, 6.07) is 3.92. The van der Waals surface area contributed by atoms with Gasteiger partial charge in [-0.15, -0.1) is 0 Å². The van der Waals surface area contributed by atoms with Gasteiger partial charge in [-0.05, 0) is 50.4 Å². The summed E-state index contributed by atoms with van der Waals surface area (Å²) in [6.07, 6.45) is 7.67. The summed E-state index contributed by atoms with van der Waals surface area (Å²) in [5.41, 5.74) is 0.919. The largest absolute Gasteiger partial charge is 0.389 e. The normalized spacial score (nSPS) is 28.9. The molecule has 3 rings (SSSR count). The highest BCUT2D eigenvalue weighted by Gasteiger charge is 2.41. The number of pyridine rings is 1. The minimum Gasteiger partial charge on any atom is -0.389 e. The molecule has 2 fully saturated rings. The van der Waals surface area contributed by atoms with Crippen molar-refractivity contribution in [3.8, 4) is 0 Å². The smallest absolute Gasteiger partial charge is 0.227 e. The molecule has 1 aromatic rings. The third-order valence-corrected chi connectivity index (χ3v) is 5.13. The van der Waals surface area contributed by atoms with Gasteiger partial charge in [0.25, 0.3) is 0 Å². The molecule has 22 heavy (non-hydrogen) atoms. The van der Waals surface area contributed by atoms with Crippen LogP contribution in [0.25, 0.3) is 0 Å². The van der Waals surface area contributed by atoms with E-state index in [1.807, 2.05) is 19.2 Å². The Balaban J connectivity index is 1.60. The first-order valence-electron chi connectivity index (χ1n) is 8.23. The van der Waals surface area contributed by atoms with Gasteiger partial charge in [0.15, 0.2) is 0 Å². The molecule has 0 unspecified atom stereocenters. The predicted octanol–water partition coefficient (Wildman–Crippen LogP) is 1.07. The van der Waals surface area contributed by atoms with Crippen LogP contribution in [-0.4, -0.2) is 64.1 Å². The van der Waals surface area contributed by atoms with E-state index in [-0.39, 0.29) is 18.0 Å². The minimum atomic E-state index is -0.430. The molecule has 2 heterocycles. The van der Waals surface area contributed by atoms with E-state index in [0.29, 0.717) is 6.42 Å². The highest BCUT2D eigenvalue weighted by atomic mass is 16.3. The Morgan fingerprint density at radius 3 is 2.86 bits per heavy atom. The molecule has 2 aliphatic rings. The summed E-state index contributed by atoms with van der Waals surface area (Å²) in [6.45, 7) is 2.17. The number of likely N-dealkylation sites (tertiary alicyclic amines) is 1. The van der Waals surface area contributed by atoms with Crippen molar-refractivity contribution < 1.29 is 9.90 Å². The lowest BCUT2D eigenvalue weighted by Crippen LogP contribution is -2.48. The van der Waals surface area contributed by atoms with Crippen molar-refractivity contribution in [2.75, 3.05) is 20.1 Å². The van der Waals surface area contributed by atoms with Gasteiger partial charge in [-0.3, -0.25) is 14.7 Å². The van der Waals surface area contributed by atoms with Gasteiger partial charge in [-0.2, -0.15) is 0 Å². The molecule has 3 atom stereocenters. The number of amides is 1. The molecule has 1 N–H and O–H groups in total. The van der Waals surface area contributed by atoms with Crippen LogP contribution in [0.1, 0.15) is 31.2 Å². The van der Waals surface area contributed by atoms with E-state index in [4.69, 9.17) is 0 Å². The Labute approximate surface area is 131 Å². The maximum absolute atomic E-state index is 12.4. The Bertz CT molecular complexity index is 502. The second-order valence-corrected chi connectivity index (χ2v) is 6.49. The maximum Gasteiger partial charge on any atom is 0.227 e. The molecule has 1 saturated carbocycles. The zero-order chi connectivity index (χ0) is 15.5. The topological polar surface area (TPSA) is 56.7 Å². The fraction of sp³-hybridized carbons (Fsp3) is 0.647. The van der Waals surface area contributed by atoms with Crippen molar-refractivity contribution in [2.24, 2.45) is 0 Å². The van der Waals surface area contributed by atoms with E-state index in [1.54, 1.807) is 17.3 Å². The van der Waals surface area contributed by atoms with Gasteiger partial charge in [0.05, 0.1) is 18.6 Å². The van der Waals surface area contributed by atoms with Crippen molar-refractivity contribution >= 4 is 5.91 Å². The molecule has 1 aliphatic carbocycles. The lowest BCUT2D eigenvalue weighted by Gasteiger charge is -2.32. The monoisotopic (exact) mass is 303 g/mol. The van der Waals surface area contributed by atoms with Crippen molar-refractivity contribution in [3.05, 3.63) is 30.1 Å². The quantitative estimate of drug-likeness (QED) is 0.904. The summed E-state index contributed by atoms with van der Waals surface area (Å²) in [7, 11) is 1.82. The Morgan fingerprint density at radius 1 is 1.41 bits per heavy atom. The standard InChI is InChI=1S/C17H25N3O2/c1-19(16(21)11-13-5-4-8-18-12-13)14-6-7-15(17(14)22)20-9-2-3-10-20/h4-5,8,12,14-15,17,22H,2-3,6-7,9-11H2,1H3/t14-,15-,17-/m1/s1. The van der Waals surface area contributed by atoms with Crippen LogP contribution in [0.4, 0.5) is 0 Å². The first-order chi connectivity index (χ1) is 10.7. The van der Waals surface area contributed by atoms with E-state index < -0.39 is 6.10 Å². The van der Waals surface area contributed by atoms with Crippen molar-refractivity contribution in [1.82, 2.24) is 14.8 Å². The lowest BCUT2D eigenvalue weighted by atomic mass is 10.1. The highest BCUT2D eigenvalue weighted by Crippen LogP contribution is 2.30. The Hall–Kier alpha value is -1.46. The number of aliphatic hydroxyl groups is 1. The first-order valence-corrected chi connectivity index (χ1v) is 8.23. The molecule has 5 nitrogen and oxygen atoms in total.